The van der Waals surface area contributed by atoms with E-state index in [1.807, 2.05) is 19.9 Å². The molecule has 1 aliphatic heterocycles. The predicted molar refractivity (Wildman–Crippen MR) is 113 cm³/mol. The molecule has 0 radical (unpaired) electrons. The summed E-state index contributed by atoms with van der Waals surface area (Å²) in [5, 5.41) is 3.22. The quantitative estimate of drug-likeness (QED) is 0.774. The van der Waals surface area contributed by atoms with Crippen LogP contribution in [-0.2, 0) is 10.0 Å². The molecule has 0 spiro atoms. The molecule has 0 bridgehead atoms. The third kappa shape index (κ3) is 4.24. The molecule has 28 heavy (non-hydrogen) atoms. The van der Waals surface area contributed by atoms with Crippen molar-refractivity contribution in [2.75, 3.05) is 11.9 Å². The van der Waals surface area contributed by atoms with Crippen molar-refractivity contribution in [3.8, 4) is 0 Å². The molecule has 5 nitrogen and oxygen atoms in total. The molecule has 1 fully saturated rings. The van der Waals surface area contributed by atoms with Crippen LogP contribution < -0.4 is 5.32 Å². The summed E-state index contributed by atoms with van der Waals surface area (Å²) in [6, 6.07) is 10.0. The maximum absolute atomic E-state index is 13.1. The van der Waals surface area contributed by atoms with E-state index in [4.69, 9.17) is 11.6 Å². The number of rotatable bonds is 4. The molecule has 1 saturated heterocycles. The van der Waals surface area contributed by atoms with Crippen LogP contribution in [0, 0.1) is 13.8 Å². The predicted octanol–water partition coefficient (Wildman–Crippen LogP) is 4.77. The summed E-state index contributed by atoms with van der Waals surface area (Å²) in [6.45, 7) is 6.14. The molecule has 3 rings (SSSR count). The zero-order valence-corrected chi connectivity index (χ0v) is 17.9. The van der Waals surface area contributed by atoms with Crippen LogP contribution in [0.15, 0.2) is 41.3 Å². The zero-order valence-electron chi connectivity index (χ0n) is 16.3. The van der Waals surface area contributed by atoms with Crippen molar-refractivity contribution in [2.45, 2.75) is 51.0 Å². The lowest BCUT2D eigenvalue weighted by atomic mass is 10.1. The zero-order chi connectivity index (χ0) is 20.5. The highest BCUT2D eigenvalue weighted by Gasteiger charge is 2.31. The van der Waals surface area contributed by atoms with Gasteiger partial charge in [0.05, 0.1) is 15.6 Å². The van der Waals surface area contributed by atoms with Crippen LogP contribution in [0.4, 0.5) is 5.69 Å². The molecule has 150 valence electrons. The van der Waals surface area contributed by atoms with Gasteiger partial charge in [0, 0.05) is 18.2 Å². The second-order valence-corrected chi connectivity index (χ2v) is 9.67. The summed E-state index contributed by atoms with van der Waals surface area (Å²) >= 11 is 6.21. The number of aryl methyl sites for hydroxylation is 2. The molecule has 1 unspecified atom stereocenters. The van der Waals surface area contributed by atoms with Crippen LogP contribution in [0.5, 0.6) is 0 Å². The minimum atomic E-state index is -3.64. The first-order valence-corrected chi connectivity index (χ1v) is 11.2. The van der Waals surface area contributed by atoms with E-state index in [0.29, 0.717) is 28.4 Å². The van der Waals surface area contributed by atoms with Gasteiger partial charge in [-0.05, 0) is 69.0 Å². The van der Waals surface area contributed by atoms with Gasteiger partial charge in [-0.1, -0.05) is 30.2 Å². The molecule has 2 aromatic carbocycles. The number of sulfonamides is 1. The van der Waals surface area contributed by atoms with Gasteiger partial charge < -0.3 is 5.32 Å². The number of anilines is 1. The van der Waals surface area contributed by atoms with E-state index >= 15 is 0 Å². The third-order valence-corrected chi connectivity index (χ3v) is 7.50. The number of hydrogen-bond donors (Lipinski definition) is 1. The fraction of sp³-hybridized carbons (Fsp3) is 0.381. The monoisotopic (exact) mass is 420 g/mol. The molecule has 2 aromatic rings. The van der Waals surface area contributed by atoms with Crippen molar-refractivity contribution in [3.05, 3.63) is 58.1 Å². The van der Waals surface area contributed by atoms with Gasteiger partial charge in [-0.15, -0.1) is 0 Å². The highest BCUT2D eigenvalue weighted by molar-refractivity contribution is 7.89. The Morgan fingerprint density at radius 2 is 1.89 bits per heavy atom. The lowest BCUT2D eigenvalue weighted by molar-refractivity contribution is 0.102. The first kappa shape index (κ1) is 20.8. The Kier molecular flexibility index (Phi) is 6.12. The maximum atomic E-state index is 13.1. The summed E-state index contributed by atoms with van der Waals surface area (Å²) in [5.74, 6) is -0.382. The van der Waals surface area contributed by atoms with Gasteiger partial charge in [0.25, 0.3) is 5.91 Å². The van der Waals surface area contributed by atoms with E-state index in [9.17, 15) is 13.2 Å². The summed E-state index contributed by atoms with van der Waals surface area (Å²) < 4.78 is 27.8. The fourth-order valence-corrected chi connectivity index (χ4v) is 5.49. The van der Waals surface area contributed by atoms with Gasteiger partial charge in [-0.2, -0.15) is 4.31 Å². The fourth-order valence-electron chi connectivity index (χ4n) is 3.48. The second-order valence-electron chi connectivity index (χ2n) is 7.37. The average molecular weight is 421 g/mol. The van der Waals surface area contributed by atoms with Crippen LogP contribution in [0.2, 0.25) is 5.02 Å². The minimum Gasteiger partial charge on any atom is -0.321 e. The number of nitrogens with zero attached hydrogens (tertiary/aromatic N) is 1. The highest BCUT2D eigenvalue weighted by atomic mass is 35.5. The number of nitrogens with one attached hydrogen (secondary N) is 1. The normalized spacial score (nSPS) is 18.1. The number of hydrogen-bond acceptors (Lipinski definition) is 3. The van der Waals surface area contributed by atoms with Crippen molar-refractivity contribution in [3.63, 3.8) is 0 Å². The Balaban J connectivity index is 1.91. The molecule has 0 aromatic heterocycles. The summed E-state index contributed by atoms with van der Waals surface area (Å²) in [7, 11) is -3.64. The summed E-state index contributed by atoms with van der Waals surface area (Å²) in [5.41, 5.74) is 2.51. The van der Waals surface area contributed by atoms with Gasteiger partial charge in [-0.25, -0.2) is 8.42 Å². The molecular formula is C21H25ClN2O3S. The third-order valence-electron chi connectivity index (χ3n) is 5.18. The number of benzene rings is 2. The molecule has 1 atom stereocenters. The van der Waals surface area contributed by atoms with E-state index in [1.54, 1.807) is 35.5 Å². The van der Waals surface area contributed by atoms with Gasteiger partial charge >= 0.3 is 0 Å². The molecule has 1 N–H and O–H groups in total. The van der Waals surface area contributed by atoms with Crippen molar-refractivity contribution in [2.24, 2.45) is 0 Å². The first-order valence-electron chi connectivity index (χ1n) is 9.40. The molecule has 1 amide bonds. The molecule has 1 aliphatic rings. The van der Waals surface area contributed by atoms with Crippen LogP contribution in [0.25, 0.3) is 0 Å². The van der Waals surface area contributed by atoms with Gasteiger partial charge in [0.1, 0.15) is 0 Å². The number of amides is 1. The average Bonchev–Trinajstić information content (AvgIpc) is 2.64. The molecular weight excluding hydrogens is 396 g/mol. The maximum Gasteiger partial charge on any atom is 0.256 e. The van der Waals surface area contributed by atoms with E-state index in [1.165, 1.54) is 6.07 Å². The number of piperidine rings is 1. The molecule has 0 aliphatic carbocycles. The lowest BCUT2D eigenvalue weighted by Crippen LogP contribution is -2.42. The van der Waals surface area contributed by atoms with E-state index in [-0.39, 0.29) is 16.8 Å². The van der Waals surface area contributed by atoms with Gasteiger partial charge in [-0.3, -0.25) is 4.79 Å². The van der Waals surface area contributed by atoms with E-state index in [0.717, 1.165) is 24.8 Å². The lowest BCUT2D eigenvalue weighted by Gasteiger charge is -2.32. The van der Waals surface area contributed by atoms with Crippen LogP contribution in [0.1, 0.15) is 47.7 Å². The Hall–Kier alpha value is -1.89. The van der Waals surface area contributed by atoms with Crippen molar-refractivity contribution in [1.82, 2.24) is 4.31 Å². The Labute approximate surface area is 171 Å². The topological polar surface area (TPSA) is 66.5 Å². The molecule has 0 saturated carbocycles. The first-order chi connectivity index (χ1) is 13.2. The standard InChI is InChI=1S/C21H25ClN2O3S/c1-14-7-10-20(19(22)12-14)23-21(25)18-13-17(9-8-15(18)2)28(26,27)24-11-5-4-6-16(24)3/h7-10,12-13,16H,4-6,11H2,1-3H3,(H,23,25). The van der Waals surface area contributed by atoms with Crippen LogP contribution in [0.3, 0.4) is 0 Å². The van der Waals surface area contributed by atoms with Crippen molar-refractivity contribution in [1.29, 1.82) is 0 Å². The van der Waals surface area contributed by atoms with E-state index in [2.05, 4.69) is 5.32 Å². The van der Waals surface area contributed by atoms with Crippen LogP contribution in [-0.4, -0.2) is 31.2 Å². The highest BCUT2D eigenvalue weighted by Crippen LogP contribution is 2.28. The minimum absolute atomic E-state index is 0.0382. The number of carbonyl (C=O) groups is 1. The van der Waals surface area contributed by atoms with E-state index < -0.39 is 10.0 Å². The molecule has 1 heterocycles. The van der Waals surface area contributed by atoms with Crippen molar-refractivity contribution >= 4 is 33.2 Å². The van der Waals surface area contributed by atoms with Gasteiger partial charge in [0.2, 0.25) is 10.0 Å². The Morgan fingerprint density at radius 3 is 2.57 bits per heavy atom. The number of halogens is 1. The Bertz CT molecular complexity index is 1000. The van der Waals surface area contributed by atoms with Gasteiger partial charge in [0.15, 0.2) is 0 Å². The number of carbonyl (C=O) groups excluding carboxylic acids is 1. The van der Waals surface area contributed by atoms with Crippen LogP contribution >= 0.6 is 11.6 Å². The second kappa shape index (κ2) is 8.23. The Morgan fingerprint density at radius 1 is 1.14 bits per heavy atom. The SMILES string of the molecule is Cc1ccc(NC(=O)c2cc(S(=O)(=O)N3CCCCC3C)ccc2C)c(Cl)c1. The largest absolute Gasteiger partial charge is 0.321 e. The smallest absolute Gasteiger partial charge is 0.256 e. The van der Waals surface area contributed by atoms with Crippen molar-refractivity contribution < 1.29 is 13.2 Å². The molecule has 7 heteroatoms. The summed E-state index contributed by atoms with van der Waals surface area (Å²) in [6.07, 6.45) is 2.74. The summed E-state index contributed by atoms with van der Waals surface area (Å²) in [4.78, 5) is 13.0.